The van der Waals surface area contributed by atoms with Gasteiger partial charge in [0.25, 0.3) is 0 Å². The second-order valence-corrected chi connectivity index (χ2v) is 3.79. The van der Waals surface area contributed by atoms with Crippen LogP contribution in [0.2, 0.25) is 0 Å². The Balaban J connectivity index is 3.31. The first-order valence-corrected chi connectivity index (χ1v) is 4.38. The summed E-state index contributed by atoms with van der Waals surface area (Å²) >= 11 is 4.99. The van der Waals surface area contributed by atoms with Gasteiger partial charge < -0.3 is 5.73 Å². The van der Waals surface area contributed by atoms with Crippen LogP contribution in [0.3, 0.4) is 0 Å². The van der Waals surface area contributed by atoms with Crippen LogP contribution in [0.4, 0.5) is 10.1 Å². The minimum atomic E-state index is -0.285. The van der Waals surface area contributed by atoms with Gasteiger partial charge in [0.05, 0.1) is 3.57 Å². The largest absolute Gasteiger partial charge is 0.398 e. The molecule has 0 heterocycles. The van der Waals surface area contributed by atoms with E-state index in [4.69, 9.17) is 5.73 Å². The fourth-order valence-corrected chi connectivity index (χ4v) is 1.33. The monoisotopic (exact) mass is 315 g/mol. The van der Waals surface area contributed by atoms with E-state index in [1.807, 2.05) is 22.6 Å². The van der Waals surface area contributed by atoms with Crippen molar-refractivity contribution >= 4 is 44.2 Å². The minimum Gasteiger partial charge on any atom is -0.398 e. The van der Waals surface area contributed by atoms with Gasteiger partial charge in [-0.15, -0.1) is 0 Å². The van der Waals surface area contributed by atoms with Gasteiger partial charge in [0.15, 0.2) is 0 Å². The van der Waals surface area contributed by atoms with E-state index in [-0.39, 0.29) is 5.82 Å². The quantitative estimate of drug-likeness (QED) is 0.445. The summed E-state index contributed by atoms with van der Waals surface area (Å²) in [4.78, 5) is 0. The number of nitrogens with two attached hydrogens (primary N) is 1. The lowest BCUT2D eigenvalue weighted by molar-refractivity contribution is 0.620. The minimum absolute atomic E-state index is 0.285. The Bertz CT molecular complexity index is 241. The van der Waals surface area contributed by atoms with Crippen LogP contribution >= 0.6 is 38.5 Å². The van der Waals surface area contributed by atoms with Crippen LogP contribution in [0.5, 0.6) is 0 Å². The van der Waals surface area contributed by atoms with Gasteiger partial charge in [-0.05, 0) is 34.7 Å². The zero-order chi connectivity index (χ0) is 7.72. The molecule has 0 aliphatic rings. The van der Waals surface area contributed by atoms with Crippen LogP contribution < -0.4 is 5.73 Å². The number of hydrogen-bond donors (Lipinski definition) is 1. The highest BCUT2D eigenvalue weighted by Crippen LogP contribution is 2.23. The molecule has 0 aliphatic carbocycles. The summed E-state index contributed by atoms with van der Waals surface area (Å²) in [5.41, 5.74) is 5.91. The molecule has 0 spiro atoms. The van der Waals surface area contributed by atoms with Gasteiger partial charge in [-0.3, -0.25) is 0 Å². The van der Waals surface area contributed by atoms with Gasteiger partial charge in [0.1, 0.15) is 5.82 Å². The van der Waals surface area contributed by atoms with E-state index in [0.29, 0.717) is 13.7 Å². The zero-order valence-corrected chi connectivity index (χ0v) is 8.61. The summed E-state index contributed by atoms with van der Waals surface area (Å²) in [5.74, 6) is -0.285. The van der Waals surface area contributed by atoms with Crippen molar-refractivity contribution in [3.63, 3.8) is 0 Å². The molecule has 0 fully saturated rings. The zero-order valence-electron chi connectivity index (χ0n) is 4.87. The maximum atomic E-state index is 12.7. The molecule has 0 bridgehead atoms. The number of nitrogen functional groups attached to an aromatic ring is 1. The van der Waals surface area contributed by atoms with Gasteiger partial charge in [-0.2, -0.15) is 0 Å². The van der Waals surface area contributed by atoms with E-state index in [9.17, 15) is 4.39 Å². The van der Waals surface area contributed by atoms with E-state index in [1.165, 1.54) is 6.07 Å². The standard InChI is InChI=1S/C6H4BrFIN/c7-3-1-4(8)6(9)5(10)2-3/h1-2H,10H2. The predicted octanol–water partition coefficient (Wildman–Crippen LogP) is 2.78. The van der Waals surface area contributed by atoms with Crippen molar-refractivity contribution in [2.45, 2.75) is 0 Å². The molecule has 1 aromatic carbocycles. The average Bonchev–Trinajstić information content (AvgIpc) is 1.82. The Kier molecular flexibility index (Phi) is 2.51. The lowest BCUT2D eigenvalue weighted by atomic mass is 10.3. The maximum Gasteiger partial charge on any atom is 0.139 e. The number of hydrogen-bond acceptors (Lipinski definition) is 1. The van der Waals surface area contributed by atoms with E-state index >= 15 is 0 Å². The molecule has 1 aromatic rings. The van der Waals surface area contributed by atoms with E-state index in [2.05, 4.69) is 15.9 Å². The summed E-state index contributed by atoms with van der Waals surface area (Å²) in [6.45, 7) is 0. The highest BCUT2D eigenvalue weighted by molar-refractivity contribution is 14.1. The summed E-state index contributed by atoms with van der Waals surface area (Å²) in [6, 6.07) is 3.06. The number of halogens is 3. The second kappa shape index (κ2) is 3.04. The number of anilines is 1. The van der Waals surface area contributed by atoms with Crippen LogP contribution in [-0.4, -0.2) is 0 Å². The first-order chi connectivity index (χ1) is 4.61. The van der Waals surface area contributed by atoms with E-state index < -0.39 is 0 Å². The smallest absolute Gasteiger partial charge is 0.139 e. The fraction of sp³-hybridized carbons (Fsp3) is 0. The summed E-state index contributed by atoms with van der Waals surface area (Å²) in [7, 11) is 0. The van der Waals surface area contributed by atoms with Crippen LogP contribution in [0.1, 0.15) is 0 Å². The fourth-order valence-electron chi connectivity index (χ4n) is 0.576. The van der Waals surface area contributed by atoms with Gasteiger partial charge >= 0.3 is 0 Å². The van der Waals surface area contributed by atoms with Crippen LogP contribution in [-0.2, 0) is 0 Å². The Labute approximate surface area is 80.1 Å². The van der Waals surface area contributed by atoms with Gasteiger partial charge in [-0.1, -0.05) is 15.9 Å². The molecule has 0 saturated heterocycles. The molecule has 0 radical (unpaired) electrons. The van der Waals surface area contributed by atoms with Crippen molar-refractivity contribution in [1.29, 1.82) is 0 Å². The third-order valence-electron chi connectivity index (χ3n) is 1.02. The second-order valence-electron chi connectivity index (χ2n) is 1.79. The molecule has 1 nitrogen and oxygen atoms in total. The summed E-state index contributed by atoms with van der Waals surface area (Å²) in [6.07, 6.45) is 0. The van der Waals surface area contributed by atoms with Crippen LogP contribution in [0, 0.1) is 9.39 Å². The summed E-state index contributed by atoms with van der Waals surface area (Å²) in [5, 5.41) is 0. The third kappa shape index (κ3) is 1.60. The predicted molar refractivity (Wildman–Crippen MR) is 51.2 cm³/mol. The molecule has 0 amide bonds. The average molecular weight is 316 g/mol. The van der Waals surface area contributed by atoms with Crippen LogP contribution in [0.25, 0.3) is 0 Å². The molecule has 0 aliphatic heterocycles. The first kappa shape index (κ1) is 8.26. The first-order valence-electron chi connectivity index (χ1n) is 2.51. The Hall–Kier alpha value is 0.160. The molecule has 2 N–H and O–H groups in total. The molecular formula is C6H4BrFIN. The molecule has 54 valence electrons. The van der Waals surface area contributed by atoms with Gasteiger partial charge in [0, 0.05) is 10.2 Å². The molecule has 0 unspecified atom stereocenters. The van der Waals surface area contributed by atoms with Crippen molar-refractivity contribution in [3.8, 4) is 0 Å². The Morgan fingerprint density at radius 2 is 2.10 bits per heavy atom. The van der Waals surface area contributed by atoms with Crippen molar-refractivity contribution < 1.29 is 4.39 Å². The van der Waals surface area contributed by atoms with Crippen molar-refractivity contribution in [3.05, 3.63) is 26.0 Å². The van der Waals surface area contributed by atoms with Gasteiger partial charge in [0.2, 0.25) is 0 Å². The molecule has 0 aromatic heterocycles. The number of rotatable bonds is 0. The molecule has 4 heteroatoms. The summed E-state index contributed by atoms with van der Waals surface area (Å²) < 4.78 is 13.9. The van der Waals surface area contributed by atoms with Crippen molar-refractivity contribution in [1.82, 2.24) is 0 Å². The molecule has 0 atom stereocenters. The Morgan fingerprint density at radius 1 is 1.50 bits per heavy atom. The van der Waals surface area contributed by atoms with E-state index in [0.717, 1.165) is 0 Å². The lowest BCUT2D eigenvalue weighted by Gasteiger charge is -1.99. The SMILES string of the molecule is Nc1cc(Br)cc(F)c1I. The van der Waals surface area contributed by atoms with Gasteiger partial charge in [-0.25, -0.2) is 4.39 Å². The Morgan fingerprint density at radius 3 is 2.60 bits per heavy atom. The lowest BCUT2D eigenvalue weighted by Crippen LogP contribution is -1.92. The normalized spacial score (nSPS) is 9.90. The highest BCUT2D eigenvalue weighted by atomic mass is 127. The highest BCUT2D eigenvalue weighted by Gasteiger charge is 2.02. The molecule has 1 rings (SSSR count). The topological polar surface area (TPSA) is 26.0 Å². The van der Waals surface area contributed by atoms with Crippen LogP contribution in [0.15, 0.2) is 16.6 Å². The van der Waals surface area contributed by atoms with E-state index in [1.54, 1.807) is 6.07 Å². The molecule has 0 saturated carbocycles. The van der Waals surface area contributed by atoms with Crippen molar-refractivity contribution in [2.24, 2.45) is 0 Å². The molecule has 10 heavy (non-hydrogen) atoms. The third-order valence-corrected chi connectivity index (χ3v) is 2.62. The number of benzene rings is 1. The van der Waals surface area contributed by atoms with Crippen molar-refractivity contribution in [2.75, 3.05) is 5.73 Å². The maximum absolute atomic E-state index is 12.7. The molecular weight excluding hydrogens is 312 g/mol.